The van der Waals surface area contributed by atoms with Gasteiger partial charge in [0.15, 0.2) is 0 Å². The predicted octanol–water partition coefficient (Wildman–Crippen LogP) is 1.76. The summed E-state index contributed by atoms with van der Waals surface area (Å²) < 4.78 is 1.50. The van der Waals surface area contributed by atoms with Gasteiger partial charge in [-0.1, -0.05) is 22.9 Å². The Morgan fingerprint density at radius 1 is 1.16 bits per heavy atom. The molecule has 3 rings (SSSR count). The minimum atomic E-state index is -0.759. The van der Waals surface area contributed by atoms with Crippen molar-refractivity contribution in [3.63, 3.8) is 0 Å². The Bertz CT molecular complexity index is 875. The summed E-state index contributed by atoms with van der Waals surface area (Å²) in [5, 5.41) is 11.8. The van der Waals surface area contributed by atoms with Gasteiger partial charge >= 0.3 is 5.69 Å². The Morgan fingerprint density at radius 2 is 1.84 bits per heavy atom. The third-order valence-corrected chi connectivity index (χ3v) is 4.03. The number of thiophene rings is 1. The SMILES string of the molecule is Cc1csc2c1c(=O)n(O)c(=O)n2-c1ccccc1. The average Bonchev–Trinajstić information content (AvgIpc) is 2.80. The molecule has 2 aromatic heterocycles. The van der Waals surface area contributed by atoms with Crippen LogP contribution in [0.25, 0.3) is 15.9 Å². The fourth-order valence-electron chi connectivity index (χ4n) is 2.03. The largest absolute Gasteiger partial charge is 0.421 e. The van der Waals surface area contributed by atoms with E-state index in [1.54, 1.807) is 36.6 Å². The molecule has 0 saturated carbocycles. The highest BCUT2D eigenvalue weighted by Crippen LogP contribution is 2.23. The van der Waals surface area contributed by atoms with E-state index in [1.807, 2.05) is 6.07 Å². The number of hydrogen-bond donors (Lipinski definition) is 1. The predicted molar refractivity (Wildman–Crippen MR) is 73.6 cm³/mol. The fraction of sp³-hybridized carbons (Fsp3) is 0.0769. The topological polar surface area (TPSA) is 64.2 Å². The highest BCUT2D eigenvalue weighted by atomic mass is 32.1. The summed E-state index contributed by atoms with van der Waals surface area (Å²) >= 11 is 1.31. The minimum Gasteiger partial charge on any atom is -0.421 e. The number of para-hydroxylation sites is 1. The van der Waals surface area contributed by atoms with Gasteiger partial charge in [0.25, 0.3) is 5.56 Å². The normalized spacial score (nSPS) is 11.0. The average molecular weight is 274 g/mol. The van der Waals surface area contributed by atoms with Crippen LogP contribution in [0.5, 0.6) is 0 Å². The van der Waals surface area contributed by atoms with Crippen LogP contribution in [0.3, 0.4) is 0 Å². The summed E-state index contributed by atoms with van der Waals surface area (Å²) in [5.74, 6) is 0. The first-order valence-electron chi connectivity index (χ1n) is 5.62. The molecule has 1 N–H and O–H groups in total. The van der Waals surface area contributed by atoms with Gasteiger partial charge in [0.05, 0.1) is 11.1 Å². The number of aryl methyl sites for hydroxylation is 1. The van der Waals surface area contributed by atoms with Gasteiger partial charge < -0.3 is 5.21 Å². The van der Waals surface area contributed by atoms with Gasteiger partial charge in [-0.15, -0.1) is 11.3 Å². The molecule has 19 heavy (non-hydrogen) atoms. The standard InChI is InChI=1S/C13H10N2O3S/c1-8-7-19-12-10(8)11(16)15(18)13(17)14(12)9-5-3-2-4-6-9/h2-7,18H,1H3. The maximum Gasteiger partial charge on any atom is 0.370 e. The first-order chi connectivity index (χ1) is 9.11. The Kier molecular flexibility index (Phi) is 2.53. The van der Waals surface area contributed by atoms with E-state index in [0.29, 0.717) is 15.9 Å². The van der Waals surface area contributed by atoms with E-state index < -0.39 is 11.2 Å². The van der Waals surface area contributed by atoms with E-state index in [-0.39, 0.29) is 4.73 Å². The number of fused-ring (bicyclic) bond motifs is 1. The zero-order valence-corrected chi connectivity index (χ0v) is 10.8. The van der Waals surface area contributed by atoms with E-state index in [0.717, 1.165) is 5.56 Å². The van der Waals surface area contributed by atoms with E-state index in [1.165, 1.54) is 15.9 Å². The maximum atomic E-state index is 12.1. The van der Waals surface area contributed by atoms with Crippen molar-refractivity contribution < 1.29 is 5.21 Å². The van der Waals surface area contributed by atoms with Crippen LogP contribution < -0.4 is 11.2 Å². The second-order valence-corrected chi connectivity index (χ2v) is 5.03. The summed E-state index contributed by atoms with van der Waals surface area (Å²) in [4.78, 5) is 24.6. The molecule has 0 bridgehead atoms. The molecule has 0 radical (unpaired) electrons. The molecular weight excluding hydrogens is 264 g/mol. The van der Waals surface area contributed by atoms with Crippen LogP contribution in [-0.2, 0) is 0 Å². The second kappa shape index (κ2) is 4.10. The lowest BCUT2D eigenvalue weighted by atomic mass is 10.2. The molecule has 0 unspecified atom stereocenters. The third-order valence-electron chi connectivity index (χ3n) is 2.95. The van der Waals surface area contributed by atoms with Crippen molar-refractivity contribution in [3.05, 3.63) is 62.1 Å². The molecule has 96 valence electrons. The number of rotatable bonds is 1. The molecule has 0 aliphatic heterocycles. The molecule has 6 heteroatoms. The van der Waals surface area contributed by atoms with E-state index in [9.17, 15) is 14.8 Å². The monoisotopic (exact) mass is 274 g/mol. The van der Waals surface area contributed by atoms with Gasteiger partial charge in [0.1, 0.15) is 4.83 Å². The van der Waals surface area contributed by atoms with Crippen LogP contribution in [0.2, 0.25) is 0 Å². The summed E-state index contributed by atoms with van der Waals surface area (Å²) in [6.45, 7) is 1.78. The number of nitrogens with zero attached hydrogens (tertiary/aromatic N) is 2. The van der Waals surface area contributed by atoms with Gasteiger partial charge in [-0.3, -0.25) is 4.79 Å². The first kappa shape index (κ1) is 11.7. The molecule has 1 aromatic carbocycles. The van der Waals surface area contributed by atoms with Crippen LogP contribution in [0.1, 0.15) is 5.56 Å². The van der Waals surface area contributed by atoms with Gasteiger partial charge in [0, 0.05) is 0 Å². The minimum absolute atomic E-state index is 0.162. The summed E-state index contributed by atoms with van der Waals surface area (Å²) in [6.07, 6.45) is 0. The van der Waals surface area contributed by atoms with Crippen molar-refractivity contribution in [1.82, 2.24) is 9.30 Å². The molecule has 0 atom stereocenters. The molecule has 0 amide bonds. The zero-order valence-electron chi connectivity index (χ0n) is 10.0. The molecule has 0 spiro atoms. The number of aromatic nitrogens is 2. The van der Waals surface area contributed by atoms with Crippen LogP contribution in [-0.4, -0.2) is 14.5 Å². The molecule has 2 heterocycles. The quantitative estimate of drug-likeness (QED) is 0.688. The smallest absolute Gasteiger partial charge is 0.370 e. The molecule has 5 nitrogen and oxygen atoms in total. The van der Waals surface area contributed by atoms with Crippen molar-refractivity contribution in [1.29, 1.82) is 0 Å². The van der Waals surface area contributed by atoms with Gasteiger partial charge in [-0.05, 0) is 30.0 Å². The van der Waals surface area contributed by atoms with E-state index in [4.69, 9.17) is 0 Å². The van der Waals surface area contributed by atoms with E-state index in [2.05, 4.69) is 0 Å². The molecule has 0 saturated heterocycles. The van der Waals surface area contributed by atoms with Crippen LogP contribution >= 0.6 is 11.3 Å². The zero-order chi connectivity index (χ0) is 13.6. The van der Waals surface area contributed by atoms with Gasteiger partial charge in [-0.2, -0.15) is 0 Å². The molecule has 0 aliphatic carbocycles. The lowest BCUT2D eigenvalue weighted by molar-refractivity contribution is 0.160. The Morgan fingerprint density at radius 3 is 2.53 bits per heavy atom. The van der Waals surface area contributed by atoms with Crippen LogP contribution in [0.15, 0.2) is 45.3 Å². The second-order valence-electron chi connectivity index (χ2n) is 4.17. The van der Waals surface area contributed by atoms with Crippen molar-refractivity contribution in [2.45, 2.75) is 6.92 Å². The lowest BCUT2D eigenvalue weighted by Gasteiger charge is -2.08. The lowest BCUT2D eigenvalue weighted by Crippen LogP contribution is -2.37. The van der Waals surface area contributed by atoms with Gasteiger partial charge in [-0.25, -0.2) is 9.36 Å². The molecule has 0 fully saturated rings. The highest BCUT2D eigenvalue weighted by Gasteiger charge is 2.16. The van der Waals surface area contributed by atoms with Crippen LogP contribution in [0.4, 0.5) is 0 Å². The summed E-state index contributed by atoms with van der Waals surface area (Å²) in [6, 6.07) is 8.92. The Balaban J connectivity index is 2.57. The third kappa shape index (κ3) is 1.61. The van der Waals surface area contributed by atoms with Crippen molar-refractivity contribution in [2.75, 3.05) is 0 Å². The van der Waals surface area contributed by atoms with Crippen LogP contribution in [0, 0.1) is 6.92 Å². The highest BCUT2D eigenvalue weighted by molar-refractivity contribution is 7.17. The Labute approximate surface area is 111 Å². The van der Waals surface area contributed by atoms with Gasteiger partial charge in [0.2, 0.25) is 0 Å². The molecule has 0 aliphatic rings. The van der Waals surface area contributed by atoms with Crippen molar-refractivity contribution >= 4 is 21.6 Å². The first-order valence-corrected chi connectivity index (χ1v) is 6.50. The Hall–Kier alpha value is -2.34. The molecular formula is C13H10N2O3S. The number of hydrogen-bond acceptors (Lipinski definition) is 4. The summed E-state index contributed by atoms with van der Waals surface area (Å²) in [5.41, 5.74) is -0.0730. The van der Waals surface area contributed by atoms with E-state index >= 15 is 0 Å². The summed E-state index contributed by atoms with van der Waals surface area (Å²) in [7, 11) is 0. The number of benzene rings is 1. The molecule has 3 aromatic rings. The maximum absolute atomic E-state index is 12.1. The fourth-order valence-corrected chi connectivity index (χ4v) is 3.10. The van der Waals surface area contributed by atoms with Crippen molar-refractivity contribution in [3.8, 4) is 5.69 Å². The van der Waals surface area contributed by atoms with Crippen molar-refractivity contribution in [2.24, 2.45) is 0 Å².